The van der Waals surface area contributed by atoms with Gasteiger partial charge in [0.05, 0.1) is 21.3 Å². The zero-order valence-electron chi connectivity index (χ0n) is 28.0. The highest BCUT2D eigenvalue weighted by Crippen LogP contribution is 2.32. The van der Waals surface area contributed by atoms with Gasteiger partial charge >= 0.3 is 0 Å². The molecule has 1 unspecified atom stereocenters. The summed E-state index contributed by atoms with van der Waals surface area (Å²) in [7, 11) is 0.463. The van der Waals surface area contributed by atoms with Crippen LogP contribution in [0.4, 0.5) is 11.4 Å². The monoisotopic (exact) mass is 650 g/mol. The summed E-state index contributed by atoms with van der Waals surface area (Å²) in [6.45, 7) is 5.97. The number of benzene rings is 3. The molecule has 0 radical (unpaired) electrons. The lowest BCUT2D eigenvalue weighted by atomic mass is 10.0. The van der Waals surface area contributed by atoms with Gasteiger partial charge in [-0.25, -0.2) is 16.8 Å². The number of nitrogens with zero attached hydrogens (tertiary/aromatic N) is 2. The number of hydrogen-bond donors (Lipinski definition) is 0. The third-order valence-corrected chi connectivity index (χ3v) is 11.9. The largest absolute Gasteiger partial charge is 0.378 e. The summed E-state index contributed by atoms with van der Waals surface area (Å²) in [6.07, 6.45) is 11.2. The van der Waals surface area contributed by atoms with Gasteiger partial charge in [0.2, 0.25) is 0 Å². The highest BCUT2D eigenvalue weighted by molar-refractivity contribution is 7.92. The molecule has 0 N–H and O–H groups in total. The summed E-state index contributed by atoms with van der Waals surface area (Å²) < 4.78 is 55.4. The Hall–Kier alpha value is -3.36. The van der Waals surface area contributed by atoms with Crippen molar-refractivity contribution in [2.75, 3.05) is 49.5 Å². The lowest BCUT2D eigenvalue weighted by molar-refractivity contribution is 0.483. The van der Waals surface area contributed by atoms with Crippen LogP contribution in [0.15, 0.2) is 70.5 Å². The first-order valence-corrected chi connectivity index (χ1v) is 19.2. The molecule has 6 nitrogen and oxygen atoms in total. The third kappa shape index (κ3) is 10.1. The van der Waals surface area contributed by atoms with Gasteiger partial charge < -0.3 is 9.80 Å². The van der Waals surface area contributed by atoms with E-state index in [0.29, 0.717) is 17.5 Å². The van der Waals surface area contributed by atoms with Crippen LogP contribution in [0.5, 0.6) is 0 Å². The number of hydrogen-bond acceptors (Lipinski definition) is 6. The molecule has 244 valence electrons. The highest BCUT2D eigenvalue weighted by Gasteiger charge is 2.26. The second kappa shape index (κ2) is 16.3. The van der Waals surface area contributed by atoms with E-state index in [1.807, 2.05) is 113 Å². The van der Waals surface area contributed by atoms with Crippen LogP contribution in [0, 0.1) is 5.92 Å². The van der Waals surface area contributed by atoms with E-state index in [4.69, 9.17) is 0 Å². The molecule has 8 heteroatoms. The Balaban J connectivity index is 2.22. The number of rotatable bonds is 16. The average Bonchev–Trinajstić information content (AvgIpc) is 3.01. The molecule has 0 saturated heterocycles. The summed E-state index contributed by atoms with van der Waals surface area (Å²) in [5.74, 6) is 0.0302. The first kappa shape index (κ1) is 36.1. The quantitative estimate of drug-likeness (QED) is 0.145. The number of anilines is 2. The molecule has 3 aromatic rings. The fourth-order valence-electron chi connectivity index (χ4n) is 5.21. The van der Waals surface area contributed by atoms with Gasteiger partial charge in [-0.05, 0) is 77.4 Å². The Labute approximate surface area is 272 Å². The Kier molecular flexibility index (Phi) is 13.1. The van der Waals surface area contributed by atoms with Crippen LogP contribution in [0.2, 0.25) is 0 Å². The summed E-state index contributed by atoms with van der Waals surface area (Å²) in [4.78, 5) is 4.32. The summed E-state index contributed by atoms with van der Waals surface area (Å²) in [6, 6.07) is 18.9. The van der Waals surface area contributed by atoms with Gasteiger partial charge in [0.1, 0.15) is 0 Å². The molecule has 3 rings (SSSR count). The predicted molar refractivity (Wildman–Crippen MR) is 194 cm³/mol. The van der Waals surface area contributed by atoms with Crippen LogP contribution < -0.4 is 9.80 Å². The highest BCUT2D eigenvalue weighted by atomic mass is 32.2. The van der Waals surface area contributed by atoms with Crippen molar-refractivity contribution in [2.45, 2.75) is 62.7 Å². The van der Waals surface area contributed by atoms with Gasteiger partial charge in [-0.15, -0.1) is 0 Å². The molecule has 0 aromatic heterocycles. The first-order valence-electron chi connectivity index (χ1n) is 15.9. The average molecular weight is 651 g/mol. The zero-order valence-corrected chi connectivity index (χ0v) is 29.6. The molecular formula is C37H50N2O4S2. The summed E-state index contributed by atoms with van der Waals surface area (Å²) >= 11 is 0. The maximum Gasteiger partial charge on any atom is 0.179 e. The van der Waals surface area contributed by atoms with Crippen LogP contribution in [-0.4, -0.2) is 56.5 Å². The lowest BCUT2D eigenvalue weighted by Gasteiger charge is -2.18. The minimum Gasteiger partial charge on any atom is -0.378 e. The predicted octanol–water partition coefficient (Wildman–Crippen LogP) is 8.33. The van der Waals surface area contributed by atoms with Crippen molar-refractivity contribution in [1.29, 1.82) is 0 Å². The normalized spacial score (nSPS) is 13.0. The molecule has 3 aromatic carbocycles. The van der Waals surface area contributed by atoms with E-state index in [1.54, 1.807) is 24.3 Å². The summed E-state index contributed by atoms with van der Waals surface area (Å²) in [5, 5.41) is 0. The van der Waals surface area contributed by atoms with Crippen LogP contribution >= 0.6 is 0 Å². The van der Waals surface area contributed by atoms with E-state index in [1.165, 1.54) is 0 Å². The molecule has 0 spiro atoms. The molecule has 0 heterocycles. The minimum atomic E-state index is -3.74. The molecule has 0 aliphatic heterocycles. The zero-order chi connectivity index (χ0) is 33.2. The van der Waals surface area contributed by atoms with E-state index >= 15 is 0 Å². The molecule has 0 saturated carbocycles. The van der Waals surface area contributed by atoms with Crippen LogP contribution in [0.3, 0.4) is 0 Å². The Bertz CT molecular complexity index is 1670. The van der Waals surface area contributed by atoms with Crippen molar-refractivity contribution in [3.05, 3.63) is 82.9 Å². The van der Waals surface area contributed by atoms with Gasteiger partial charge in [-0.3, -0.25) is 0 Å². The van der Waals surface area contributed by atoms with Crippen LogP contribution in [0.25, 0.3) is 24.3 Å². The molecule has 0 fully saturated rings. The third-order valence-electron chi connectivity index (χ3n) is 8.01. The Morgan fingerprint density at radius 3 is 1.44 bits per heavy atom. The molecule has 0 aliphatic rings. The van der Waals surface area contributed by atoms with Crippen molar-refractivity contribution in [3.8, 4) is 0 Å². The van der Waals surface area contributed by atoms with Crippen LogP contribution in [0.1, 0.15) is 75.1 Å². The molecule has 1 atom stereocenters. The van der Waals surface area contributed by atoms with E-state index in [0.717, 1.165) is 48.2 Å². The topological polar surface area (TPSA) is 74.8 Å². The molecular weight excluding hydrogens is 601 g/mol. The van der Waals surface area contributed by atoms with E-state index in [-0.39, 0.29) is 27.2 Å². The standard InChI is InChI=1S/C37H50N2O4S2/c1-8-11-12-29(10-3)28-45(42,43)37-27-32(19-13-30-15-21-34(22-16-30)38(4)5)36(44(40,41)25-9-2)26-33(37)20-14-31-17-23-35(24-18-31)39(6)7/h13-24,26-27,29H,8-12,25,28H2,1-7H3. The maximum absolute atomic E-state index is 14.1. The van der Waals surface area contributed by atoms with Crippen molar-refractivity contribution in [1.82, 2.24) is 0 Å². The fraction of sp³-hybridized carbons (Fsp3) is 0.405. The first-order chi connectivity index (χ1) is 21.3. The van der Waals surface area contributed by atoms with Gasteiger partial charge in [-0.1, -0.05) is 88.6 Å². The Morgan fingerprint density at radius 2 is 1.07 bits per heavy atom. The van der Waals surface area contributed by atoms with Crippen molar-refractivity contribution >= 4 is 55.4 Å². The molecule has 45 heavy (non-hydrogen) atoms. The molecule has 0 amide bonds. The van der Waals surface area contributed by atoms with Crippen molar-refractivity contribution < 1.29 is 16.8 Å². The van der Waals surface area contributed by atoms with E-state index in [2.05, 4.69) is 6.92 Å². The smallest absolute Gasteiger partial charge is 0.179 e. The lowest BCUT2D eigenvalue weighted by Crippen LogP contribution is -2.18. The van der Waals surface area contributed by atoms with Gasteiger partial charge in [-0.2, -0.15) is 0 Å². The number of unbranched alkanes of at least 4 members (excludes halogenated alkanes) is 1. The van der Waals surface area contributed by atoms with Gasteiger partial charge in [0, 0.05) is 39.6 Å². The minimum absolute atomic E-state index is 0.0259. The van der Waals surface area contributed by atoms with Crippen molar-refractivity contribution in [3.63, 3.8) is 0 Å². The van der Waals surface area contributed by atoms with Gasteiger partial charge in [0.15, 0.2) is 19.7 Å². The number of sulfone groups is 2. The SMILES string of the molecule is CCCCC(CC)CS(=O)(=O)c1cc(C=Cc2ccc(N(C)C)cc2)c(S(=O)(=O)CCC)cc1C=Cc1ccc(N(C)C)cc1. The van der Waals surface area contributed by atoms with Crippen molar-refractivity contribution in [2.24, 2.45) is 5.92 Å². The summed E-state index contributed by atoms with van der Waals surface area (Å²) in [5.41, 5.74) is 4.65. The van der Waals surface area contributed by atoms with Crippen LogP contribution in [-0.2, 0) is 19.7 Å². The fourth-order valence-corrected chi connectivity index (χ4v) is 8.75. The van der Waals surface area contributed by atoms with E-state index < -0.39 is 19.7 Å². The maximum atomic E-state index is 14.1. The van der Waals surface area contributed by atoms with E-state index in [9.17, 15) is 16.8 Å². The molecule has 0 aliphatic carbocycles. The molecule has 0 bridgehead atoms. The second-order valence-electron chi connectivity index (χ2n) is 12.1. The second-order valence-corrected chi connectivity index (χ2v) is 16.2. The van der Waals surface area contributed by atoms with Gasteiger partial charge in [0.25, 0.3) is 0 Å². The Morgan fingerprint density at radius 1 is 0.622 bits per heavy atom.